The number of nitrogens with zero attached hydrogens (tertiary/aromatic N) is 2. The van der Waals surface area contributed by atoms with E-state index < -0.39 is 0 Å². The Balaban J connectivity index is 1.20. The lowest BCUT2D eigenvalue weighted by molar-refractivity contribution is 0.449. The van der Waals surface area contributed by atoms with Gasteiger partial charge in [0, 0.05) is 33.9 Å². The predicted molar refractivity (Wildman–Crippen MR) is 203 cm³/mol. The van der Waals surface area contributed by atoms with E-state index in [1.807, 2.05) is 0 Å². The van der Waals surface area contributed by atoms with Gasteiger partial charge in [-0.25, -0.2) is 0 Å². The van der Waals surface area contributed by atoms with Crippen LogP contribution in [0.3, 0.4) is 0 Å². The number of anilines is 5. The lowest BCUT2D eigenvalue weighted by Gasteiger charge is -2.35. The Labute approximate surface area is 284 Å². The molecule has 0 fully saturated rings. The summed E-state index contributed by atoms with van der Waals surface area (Å²) in [5.41, 5.74) is 13.3. The molecule has 1 aliphatic rings. The standard InChI is InChI=1S/C46H38N2/c1-46(2)43-20-12-13-21-44(43)48(45(46)38-18-10-5-11-19-38)42-32-30-41(31-33-42)47(39-26-22-36(23-27-39)34-14-6-3-7-15-34)40-28-24-37(25-29-40)35-16-8-4-9-17-35/h3-33,45H,1-2H3. The molecule has 7 aromatic rings. The first-order valence-electron chi connectivity index (χ1n) is 16.7. The van der Waals surface area contributed by atoms with Crippen molar-refractivity contribution in [1.82, 2.24) is 0 Å². The minimum absolute atomic E-state index is 0.0658. The van der Waals surface area contributed by atoms with Crippen molar-refractivity contribution in [2.24, 2.45) is 0 Å². The van der Waals surface area contributed by atoms with Crippen molar-refractivity contribution >= 4 is 28.4 Å². The average molecular weight is 619 g/mol. The third-order valence-electron chi connectivity index (χ3n) is 9.77. The van der Waals surface area contributed by atoms with Crippen molar-refractivity contribution in [3.05, 3.63) is 199 Å². The van der Waals surface area contributed by atoms with Gasteiger partial charge in [-0.1, -0.05) is 147 Å². The van der Waals surface area contributed by atoms with Gasteiger partial charge in [0.05, 0.1) is 6.04 Å². The first kappa shape index (κ1) is 29.5. The van der Waals surface area contributed by atoms with Crippen LogP contribution in [0.4, 0.5) is 28.4 Å². The molecule has 0 amide bonds. The van der Waals surface area contributed by atoms with Gasteiger partial charge >= 0.3 is 0 Å². The van der Waals surface area contributed by atoms with Crippen LogP contribution in [0.2, 0.25) is 0 Å². The maximum absolute atomic E-state index is 2.53. The molecule has 232 valence electrons. The molecule has 48 heavy (non-hydrogen) atoms. The van der Waals surface area contributed by atoms with Crippen molar-refractivity contribution in [1.29, 1.82) is 0 Å². The van der Waals surface area contributed by atoms with E-state index in [0.717, 1.165) is 17.1 Å². The highest BCUT2D eigenvalue weighted by molar-refractivity contribution is 5.82. The van der Waals surface area contributed by atoms with Gasteiger partial charge in [-0.3, -0.25) is 0 Å². The smallest absolute Gasteiger partial charge is 0.0683 e. The molecule has 2 heteroatoms. The van der Waals surface area contributed by atoms with Gasteiger partial charge in [-0.15, -0.1) is 0 Å². The zero-order valence-corrected chi connectivity index (χ0v) is 27.4. The molecule has 7 aromatic carbocycles. The SMILES string of the molecule is CC1(C)c2ccccc2N(c2ccc(N(c3ccc(-c4ccccc4)cc3)c3ccc(-c4ccccc4)cc3)cc2)C1c1ccccc1. The van der Waals surface area contributed by atoms with E-state index in [1.165, 1.54) is 44.8 Å². The third kappa shape index (κ3) is 5.36. The first-order valence-corrected chi connectivity index (χ1v) is 16.7. The highest BCUT2D eigenvalue weighted by Crippen LogP contribution is 2.55. The van der Waals surface area contributed by atoms with Gasteiger partial charge in [0.2, 0.25) is 0 Å². The highest BCUT2D eigenvalue weighted by Gasteiger charge is 2.45. The van der Waals surface area contributed by atoms with Crippen LogP contribution in [-0.2, 0) is 5.41 Å². The topological polar surface area (TPSA) is 6.48 Å². The van der Waals surface area contributed by atoms with E-state index in [0.29, 0.717) is 0 Å². The number of fused-ring (bicyclic) bond motifs is 1. The highest BCUT2D eigenvalue weighted by atomic mass is 15.2. The summed E-state index contributed by atoms with van der Waals surface area (Å²) in [5, 5.41) is 0. The lowest BCUT2D eigenvalue weighted by atomic mass is 9.77. The molecule has 1 aliphatic heterocycles. The summed E-state index contributed by atoms with van der Waals surface area (Å²) >= 11 is 0. The van der Waals surface area contributed by atoms with Gasteiger partial charge in [-0.05, 0) is 88.0 Å². The lowest BCUT2D eigenvalue weighted by Crippen LogP contribution is -2.30. The Morgan fingerprint density at radius 2 is 0.812 bits per heavy atom. The van der Waals surface area contributed by atoms with E-state index in [2.05, 4.69) is 212 Å². The zero-order valence-electron chi connectivity index (χ0n) is 27.4. The molecule has 0 saturated carbocycles. The summed E-state index contributed by atoms with van der Waals surface area (Å²) in [5.74, 6) is 0. The predicted octanol–water partition coefficient (Wildman–Crippen LogP) is 12.7. The molecular weight excluding hydrogens is 581 g/mol. The molecule has 0 aliphatic carbocycles. The van der Waals surface area contributed by atoms with Crippen molar-refractivity contribution in [2.45, 2.75) is 25.3 Å². The third-order valence-corrected chi connectivity index (χ3v) is 9.77. The Hall–Kier alpha value is -5.86. The van der Waals surface area contributed by atoms with E-state index in [9.17, 15) is 0 Å². The zero-order chi connectivity index (χ0) is 32.5. The molecule has 1 heterocycles. The fraction of sp³-hybridized carbons (Fsp3) is 0.0870. The molecule has 0 spiro atoms. The van der Waals surface area contributed by atoms with Gasteiger partial charge in [0.25, 0.3) is 0 Å². The molecule has 0 N–H and O–H groups in total. The van der Waals surface area contributed by atoms with Crippen molar-refractivity contribution in [3.8, 4) is 22.3 Å². The largest absolute Gasteiger partial charge is 0.333 e. The second-order valence-corrected chi connectivity index (χ2v) is 13.1. The number of hydrogen-bond acceptors (Lipinski definition) is 2. The van der Waals surface area contributed by atoms with Crippen LogP contribution < -0.4 is 9.80 Å². The van der Waals surface area contributed by atoms with Crippen molar-refractivity contribution in [2.75, 3.05) is 9.80 Å². The van der Waals surface area contributed by atoms with Crippen LogP contribution in [0, 0.1) is 0 Å². The van der Waals surface area contributed by atoms with Gasteiger partial charge < -0.3 is 9.80 Å². The van der Waals surface area contributed by atoms with Crippen LogP contribution >= 0.6 is 0 Å². The van der Waals surface area contributed by atoms with Crippen LogP contribution in [0.15, 0.2) is 188 Å². The minimum atomic E-state index is -0.0658. The van der Waals surface area contributed by atoms with Crippen molar-refractivity contribution < 1.29 is 0 Å². The van der Waals surface area contributed by atoms with E-state index >= 15 is 0 Å². The molecular formula is C46H38N2. The molecule has 0 saturated heterocycles. The maximum atomic E-state index is 2.53. The second kappa shape index (κ2) is 12.4. The van der Waals surface area contributed by atoms with Crippen LogP contribution in [0.1, 0.15) is 31.0 Å². The van der Waals surface area contributed by atoms with E-state index in [-0.39, 0.29) is 11.5 Å². The van der Waals surface area contributed by atoms with Gasteiger partial charge in [0.1, 0.15) is 0 Å². The normalized spacial score (nSPS) is 14.8. The summed E-state index contributed by atoms with van der Waals surface area (Å²) in [7, 11) is 0. The van der Waals surface area contributed by atoms with Gasteiger partial charge in [0.15, 0.2) is 0 Å². The Bertz CT molecular complexity index is 2040. The van der Waals surface area contributed by atoms with Crippen LogP contribution in [-0.4, -0.2) is 0 Å². The Morgan fingerprint density at radius 1 is 0.417 bits per heavy atom. The average Bonchev–Trinajstić information content (AvgIpc) is 3.40. The number of benzene rings is 7. The number of para-hydroxylation sites is 1. The van der Waals surface area contributed by atoms with E-state index in [4.69, 9.17) is 0 Å². The van der Waals surface area contributed by atoms with Crippen LogP contribution in [0.25, 0.3) is 22.3 Å². The van der Waals surface area contributed by atoms with Gasteiger partial charge in [-0.2, -0.15) is 0 Å². The number of hydrogen-bond donors (Lipinski definition) is 0. The molecule has 8 rings (SSSR count). The summed E-state index contributed by atoms with van der Waals surface area (Å²) in [6.07, 6.45) is 0. The molecule has 2 nitrogen and oxygen atoms in total. The van der Waals surface area contributed by atoms with E-state index in [1.54, 1.807) is 0 Å². The summed E-state index contributed by atoms with van der Waals surface area (Å²) in [6, 6.07) is 68.0. The molecule has 0 radical (unpaired) electrons. The minimum Gasteiger partial charge on any atom is -0.333 e. The molecule has 1 unspecified atom stereocenters. The maximum Gasteiger partial charge on any atom is 0.0683 e. The first-order chi connectivity index (χ1) is 23.6. The summed E-state index contributed by atoms with van der Waals surface area (Å²) in [4.78, 5) is 4.88. The van der Waals surface area contributed by atoms with Crippen molar-refractivity contribution in [3.63, 3.8) is 0 Å². The Kier molecular flexibility index (Phi) is 7.62. The molecule has 0 bridgehead atoms. The molecule has 0 aromatic heterocycles. The molecule has 1 atom stereocenters. The fourth-order valence-electron chi connectivity index (χ4n) is 7.40. The summed E-state index contributed by atoms with van der Waals surface area (Å²) < 4.78 is 0. The monoisotopic (exact) mass is 618 g/mol. The summed E-state index contributed by atoms with van der Waals surface area (Å²) in [6.45, 7) is 4.75. The quantitative estimate of drug-likeness (QED) is 0.175. The fourth-order valence-corrected chi connectivity index (χ4v) is 7.40. The number of rotatable bonds is 7. The Morgan fingerprint density at radius 3 is 1.31 bits per heavy atom. The van der Waals surface area contributed by atoms with Crippen LogP contribution in [0.5, 0.6) is 0 Å². The second-order valence-electron chi connectivity index (χ2n) is 13.1.